The number of hydrogen-bond donors (Lipinski definition) is 0. The minimum absolute atomic E-state index is 0.516. The zero-order valence-electron chi connectivity index (χ0n) is 7.68. The number of benzene rings is 1. The van der Waals surface area contributed by atoms with Gasteiger partial charge in [-0.2, -0.15) is 0 Å². The van der Waals surface area contributed by atoms with E-state index in [1.165, 1.54) is 16.0 Å². The van der Waals surface area contributed by atoms with Crippen molar-refractivity contribution in [2.75, 3.05) is 0 Å². The van der Waals surface area contributed by atoms with Crippen LogP contribution < -0.4 is 0 Å². The van der Waals surface area contributed by atoms with Crippen LogP contribution in [-0.2, 0) is 0 Å². The molecule has 68 valence electrons. The van der Waals surface area contributed by atoms with Gasteiger partial charge in [-0.3, -0.25) is 0 Å². The van der Waals surface area contributed by atoms with Crippen LogP contribution in [0.1, 0.15) is 10.8 Å². The van der Waals surface area contributed by atoms with Gasteiger partial charge < -0.3 is 0 Å². The van der Waals surface area contributed by atoms with E-state index in [0.29, 0.717) is 5.25 Å². The second-order valence-electron chi connectivity index (χ2n) is 3.46. The molecule has 1 atom stereocenters. The summed E-state index contributed by atoms with van der Waals surface area (Å²) in [6, 6.07) is 10.7. The van der Waals surface area contributed by atoms with Crippen molar-refractivity contribution in [3.8, 4) is 0 Å². The van der Waals surface area contributed by atoms with Crippen molar-refractivity contribution in [1.82, 2.24) is 0 Å². The molecule has 1 aromatic carbocycles. The summed E-state index contributed by atoms with van der Waals surface area (Å²) in [5.74, 6) is 0. The van der Waals surface area contributed by atoms with E-state index < -0.39 is 0 Å². The molecule has 1 aliphatic heterocycles. The lowest BCUT2D eigenvalue weighted by Gasteiger charge is -2.06. The highest BCUT2D eigenvalue weighted by atomic mass is 32.2. The highest BCUT2D eigenvalue weighted by molar-refractivity contribution is 8.04. The Kier molecular flexibility index (Phi) is 1.84. The second kappa shape index (κ2) is 3.18. The molecular formula is C13H10S. The van der Waals surface area contributed by atoms with Crippen LogP contribution >= 0.6 is 11.8 Å². The SMILES string of the molecule is C1=CC2=CC(c3ccccc3)SC2=C1. The van der Waals surface area contributed by atoms with Crippen LogP contribution in [0.4, 0.5) is 0 Å². The molecule has 1 unspecified atom stereocenters. The molecule has 0 saturated heterocycles. The molecule has 0 nitrogen and oxygen atoms in total. The molecule has 2 aliphatic rings. The third-order valence-corrected chi connectivity index (χ3v) is 3.81. The Hall–Kier alpha value is -1.21. The lowest BCUT2D eigenvalue weighted by atomic mass is 10.1. The topological polar surface area (TPSA) is 0 Å². The van der Waals surface area contributed by atoms with E-state index in [9.17, 15) is 0 Å². The molecule has 1 heteroatoms. The number of fused-ring (bicyclic) bond motifs is 1. The van der Waals surface area contributed by atoms with Crippen LogP contribution in [0.15, 0.2) is 65.1 Å². The molecule has 0 bridgehead atoms. The molecular weight excluding hydrogens is 188 g/mol. The average Bonchev–Trinajstić information content (AvgIpc) is 2.78. The maximum atomic E-state index is 2.34. The Labute approximate surface area is 88.0 Å². The summed E-state index contributed by atoms with van der Waals surface area (Å²) in [5, 5.41) is 0.516. The number of thioether (sulfide) groups is 1. The van der Waals surface area contributed by atoms with Crippen LogP contribution in [-0.4, -0.2) is 0 Å². The third-order valence-electron chi connectivity index (χ3n) is 2.52. The molecule has 1 aliphatic carbocycles. The number of rotatable bonds is 1. The number of hydrogen-bond acceptors (Lipinski definition) is 1. The minimum atomic E-state index is 0.516. The van der Waals surface area contributed by atoms with Crippen molar-refractivity contribution in [3.63, 3.8) is 0 Å². The van der Waals surface area contributed by atoms with E-state index in [-0.39, 0.29) is 0 Å². The van der Waals surface area contributed by atoms with Crippen molar-refractivity contribution in [2.24, 2.45) is 0 Å². The highest BCUT2D eigenvalue weighted by Crippen LogP contribution is 2.48. The predicted octanol–water partition coefficient (Wildman–Crippen LogP) is 3.85. The van der Waals surface area contributed by atoms with Gasteiger partial charge in [-0.1, -0.05) is 48.6 Å². The summed E-state index contributed by atoms with van der Waals surface area (Å²) in [6.07, 6.45) is 8.84. The van der Waals surface area contributed by atoms with Gasteiger partial charge in [0, 0.05) is 4.91 Å². The molecule has 0 aromatic heterocycles. The summed E-state index contributed by atoms with van der Waals surface area (Å²) >= 11 is 1.94. The van der Waals surface area contributed by atoms with Gasteiger partial charge in [0.25, 0.3) is 0 Å². The molecule has 0 amide bonds. The fourth-order valence-electron chi connectivity index (χ4n) is 1.80. The van der Waals surface area contributed by atoms with E-state index in [1.807, 2.05) is 11.8 Å². The maximum Gasteiger partial charge on any atom is 0.0533 e. The van der Waals surface area contributed by atoms with Crippen LogP contribution in [0.5, 0.6) is 0 Å². The standard InChI is InChI=1S/C13H10S/c1-2-5-10(6-3-1)13-9-11-7-4-8-12(11)14-13/h1-9,13H. The Balaban J connectivity index is 1.95. The number of allylic oxidation sites excluding steroid dienone is 4. The van der Waals surface area contributed by atoms with Crippen molar-refractivity contribution >= 4 is 11.8 Å². The normalized spacial score (nSPS) is 23.3. The summed E-state index contributed by atoms with van der Waals surface area (Å²) in [4.78, 5) is 1.42. The van der Waals surface area contributed by atoms with Crippen molar-refractivity contribution in [3.05, 3.63) is 70.7 Å². The molecule has 0 radical (unpaired) electrons. The largest absolute Gasteiger partial charge is 0.113 e. The molecule has 0 fully saturated rings. The molecule has 14 heavy (non-hydrogen) atoms. The summed E-state index contributed by atoms with van der Waals surface area (Å²) in [6.45, 7) is 0. The maximum absolute atomic E-state index is 2.34. The van der Waals surface area contributed by atoms with Gasteiger partial charge in [0.2, 0.25) is 0 Å². The van der Waals surface area contributed by atoms with E-state index >= 15 is 0 Å². The molecule has 1 heterocycles. The van der Waals surface area contributed by atoms with Gasteiger partial charge >= 0.3 is 0 Å². The van der Waals surface area contributed by atoms with Gasteiger partial charge in [0.1, 0.15) is 0 Å². The Morgan fingerprint density at radius 3 is 2.71 bits per heavy atom. The Morgan fingerprint density at radius 1 is 1.07 bits per heavy atom. The smallest absolute Gasteiger partial charge is 0.0533 e. The Bertz CT molecular complexity index is 438. The van der Waals surface area contributed by atoms with E-state index in [0.717, 1.165) is 0 Å². The average molecular weight is 198 g/mol. The third kappa shape index (κ3) is 1.25. The molecule has 3 rings (SSSR count). The fraction of sp³-hybridized carbons (Fsp3) is 0.0769. The predicted molar refractivity (Wildman–Crippen MR) is 62.1 cm³/mol. The first-order valence-electron chi connectivity index (χ1n) is 4.76. The zero-order valence-corrected chi connectivity index (χ0v) is 8.50. The molecule has 0 saturated carbocycles. The monoisotopic (exact) mass is 198 g/mol. The summed E-state index contributed by atoms with van der Waals surface area (Å²) < 4.78 is 0. The first-order chi connectivity index (χ1) is 6.93. The second-order valence-corrected chi connectivity index (χ2v) is 4.64. The van der Waals surface area contributed by atoms with E-state index in [2.05, 4.69) is 54.6 Å². The summed E-state index contributed by atoms with van der Waals surface area (Å²) in [7, 11) is 0. The quantitative estimate of drug-likeness (QED) is 0.660. The van der Waals surface area contributed by atoms with Crippen molar-refractivity contribution in [1.29, 1.82) is 0 Å². The van der Waals surface area contributed by atoms with Crippen molar-refractivity contribution < 1.29 is 0 Å². The first-order valence-corrected chi connectivity index (χ1v) is 5.63. The van der Waals surface area contributed by atoms with E-state index in [1.54, 1.807) is 0 Å². The molecule has 0 spiro atoms. The summed E-state index contributed by atoms with van der Waals surface area (Å²) in [5.41, 5.74) is 2.79. The molecule has 0 N–H and O–H groups in total. The Morgan fingerprint density at radius 2 is 1.93 bits per heavy atom. The van der Waals surface area contributed by atoms with Crippen LogP contribution in [0.25, 0.3) is 0 Å². The molecule has 1 aromatic rings. The van der Waals surface area contributed by atoms with Gasteiger partial charge in [-0.05, 0) is 17.2 Å². The lowest BCUT2D eigenvalue weighted by Crippen LogP contribution is -1.84. The lowest BCUT2D eigenvalue weighted by molar-refractivity contribution is 1.24. The van der Waals surface area contributed by atoms with Gasteiger partial charge in [0.05, 0.1) is 5.25 Å². The van der Waals surface area contributed by atoms with Crippen molar-refractivity contribution in [2.45, 2.75) is 5.25 Å². The fourth-order valence-corrected chi connectivity index (χ4v) is 3.01. The van der Waals surface area contributed by atoms with Crippen LogP contribution in [0.2, 0.25) is 0 Å². The zero-order chi connectivity index (χ0) is 9.38. The van der Waals surface area contributed by atoms with Crippen LogP contribution in [0.3, 0.4) is 0 Å². The first kappa shape index (κ1) is 8.13. The van der Waals surface area contributed by atoms with Crippen LogP contribution in [0, 0.1) is 0 Å². The van der Waals surface area contributed by atoms with E-state index in [4.69, 9.17) is 0 Å². The van der Waals surface area contributed by atoms with Gasteiger partial charge in [0.15, 0.2) is 0 Å². The minimum Gasteiger partial charge on any atom is -0.113 e. The van der Waals surface area contributed by atoms with Gasteiger partial charge in [-0.25, -0.2) is 0 Å². The van der Waals surface area contributed by atoms with Gasteiger partial charge in [-0.15, -0.1) is 11.8 Å². The highest BCUT2D eigenvalue weighted by Gasteiger charge is 2.22.